The van der Waals surface area contributed by atoms with Crippen LogP contribution in [0.3, 0.4) is 0 Å². The van der Waals surface area contributed by atoms with Crippen LogP contribution in [-0.2, 0) is 0 Å². The molecule has 1 N–H and O–H groups in total. The van der Waals surface area contributed by atoms with Gasteiger partial charge in [-0.2, -0.15) is 0 Å². The van der Waals surface area contributed by atoms with Crippen molar-refractivity contribution in [3.05, 3.63) is 22.5 Å². The average molecular weight is 295 g/mol. The van der Waals surface area contributed by atoms with Crippen molar-refractivity contribution < 1.29 is 5.11 Å². The lowest BCUT2D eigenvalue weighted by Gasteiger charge is -2.25. The topological polar surface area (TPSA) is 20.2 Å². The second-order valence-corrected chi connectivity index (χ2v) is 18.7. The molecule has 1 nitrogen and oxygen atoms in total. The SMILES string of the molecule is C[Si](C)(C)/C=C1/CCC2(O)CC/C(=C\[Si](C)(C)C)C12. The summed E-state index contributed by atoms with van der Waals surface area (Å²) in [4.78, 5) is 0. The van der Waals surface area contributed by atoms with Crippen LogP contribution in [0.4, 0.5) is 0 Å². The van der Waals surface area contributed by atoms with Crippen LogP contribution >= 0.6 is 0 Å². The van der Waals surface area contributed by atoms with Gasteiger partial charge in [0.15, 0.2) is 0 Å². The lowest BCUT2D eigenvalue weighted by Crippen LogP contribution is -2.30. The predicted octanol–water partition coefficient (Wildman–Crippen LogP) is 4.53. The van der Waals surface area contributed by atoms with Gasteiger partial charge in [-0.3, -0.25) is 0 Å². The zero-order valence-electron chi connectivity index (χ0n) is 13.5. The van der Waals surface area contributed by atoms with Gasteiger partial charge in [-0.15, -0.1) is 0 Å². The van der Waals surface area contributed by atoms with E-state index in [1.54, 1.807) is 11.1 Å². The van der Waals surface area contributed by atoms with Crippen LogP contribution in [0.15, 0.2) is 22.5 Å². The minimum Gasteiger partial charge on any atom is -0.389 e. The summed E-state index contributed by atoms with van der Waals surface area (Å²) in [5.41, 5.74) is 7.82. The van der Waals surface area contributed by atoms with Gasteiger partial charge in [0.2, 0.25) is 0 Å². The molecule has 108 valence electrons. The van der Waals surface area contributed by atoms with Crippen LogP contribution in [0.2, 0.25) is 39.3 Å². The van der Waals surface area contributed by atoms with Crippen molar-refractivity contribution in [1.29, 1.82) is 0 Å². The maximum Gasteiger partial charge on any atom is 0.0755 e. The lowest BCUT2D eigenvalue weighted by atomic mass is 9.91. The van der Waals surface area contributed by atoms with E-state index in [-0.39, 0.29) is 0 Å². The summed E-state index contributed by atoms with van der Waals surface area (Å²) in [6.07, 6.45) is 4.21. The molecule has 19 heavy (non-hydrogen) atoms. The van der Waals surface area contributed by atoms with Crippen molar-refractivity contribution in [2.45, 2.75) is 70.6 Å². The Labute approximate surface area is 120 Å². The zero-order chi connectivity index (χ0) is 14.5. The third-order valence-electron chi connectivity index (χ3n) is 4.21. The van der Waals surface area contributed by atoms with Crippen molar-refractivity contribution in [1.82, 2.24) is 0 Å². The lowest BCUT2D eigenvalue weighted by molar-refractivity contribution is 0.0342. The van der Waals surface area contributed by atoms with E-state index in [0.29, 0.717) is 5.92 Å². The average Bonchev–Trinajstić information content (AvgIpc) is 2.62. The summed E-state index contributed by atoms with van der Waals surface area (Å²) in [5.74, 6) is 0.367. The van der Waals surface area contributed by atoms with Gasteiger partial charge >= 0.3 is 0 Å². The van der Waals surface area contributed by atoms with E-state index in [2.05, 4.69) is 50.7 Å². The molecule has 2 unspecified atom stereocenters. The Kier molecular flexibility index (Phi) is 3.78. The normalized spacial score (nSPS) is 36.3. The van der Waals surface area contributed by atoms with E-state index < -0.39 is 21.7 Å². The van der Waals surface area contributed by atoms with Gasteiger partial charge in [-0.1, -0.05) is 61.8 Å². The molecule has 0 aromatic heterocycles. The first kappa shape index (κ1) is 15.3. The second kappa shape index (κ2) is 4.71. The zero-order valence-corrected chi connectivity index (χ0v) is 15.5. The maximum atomic E-state index is 10.9. The van der Waals surface area contributed by atoms with Crippen LogP contribution in [0.25, 0.3) is 0 Å². The van der Waals surface area contributed by atoms with Crippen LogP contribution in [-0.4, -0.2) is 26.9 Å². The Morgan fingerprint density at radius 2 is 1.26 bits per heavy atom. The molecule has 0 aromatic rings. The molecule has 2 atom stereocenters. The first-order valence-corrected chi connectivity index (χ1v) is 14.8. The largest absolute Gasteiger partial charge is 0.389 e. The second-order valence-electron chi connectivity index (χ2n) is 8.71. The number of fused-ring (bicyclic) bond motifs is 1. The Morgan fingerprint density at radius 1 is 0.895 bits per heavy atom. The van der Waals surface area contributed by atoms with E-state index >= 15 is 0 Å². The molecule has 0 heterocycles. The quantitative estimate of drug-likeness (QED) is 0.742. The van der Waals surface area contributed by atoms with Gasteiger partial charge in [0.1, 0.15) is 0 Å². The Bertz CT molecular complexity index is 385. The highest BCUT2D eigenvalue weighted by Crippen LogP contribution is 2.53. The van der Waals surface area contributed by atoms with Gasteiger partial charge in [-0.25, -0.2) is 0 Å². The standard InChI is InChI=1S/C16H30OSi2/c1-18(2,3)11-13-7-9-16(17)10-8-14(15(13)16)12-19(4,5)6/h11-12,15,17H,7-10H2,1-6H3/b13-11-,14-12+. The minimum absolute atomic E-state index is 0.367. The summed E-state index contributed by atoms with van der Waals surface area (Å²) < 4.78 is 0. The third kappa shape index (κ3) is 3.50. The third-order valence-corrected chi connectivity index (χ3v) is 6.68. The van der Waals surface area contributed by atoms with Crippen molar-refractivity contribution >= 4 is 16.1 Å². The number of rotatable bonds is 2. The Balaban J connectivity index is 2.38. The van der Waals surface area contributed by atoms with Gasteiger partial charge in [-0.05, 0) is 25.7 Å². The molecule has 0 amide bonds. The molecule has 0 spiro atoms. The predicted molar refractivity (Wildman–Crippen MR) is 89.8 cm³/mol. The summed E-state index contributed by atoms with van der Waals surface area (Å²) in [5, 5.41) is 10.9. The molecule has 2 fully saturated rings. The fourth-order valence-electron chi connectivity index (χ4n) is 3.78. The first-order valence-electron chi connectivity index (χ1n) is 7.66. The smallest absolute Gasteiger partial charge is 0.0755 e. The van der Waals surface area contributed by atoms with E-state index in [0.717, 1.165) is 25.7 Å². The van der Waals surface area contributed by atoms with E-state index in [1.165, 1.54) is 0 Å². The van der Waals surface area contributed by atoms with Crippen LogP contribution in [0, 0.1) is 5.92 Å². The van der Waals surface area contributed by atoms with Crippen molar-refractivity contribution in [3.63, 3.8) is 0 Å². The molecule has 2 saturated carbocycles. The van der Waals surface area contributed by atoms with Crippen LogP contribution in [0.5, 0.6) is 0 Å². The molecule has 0 aliphatic heterocycles. The van der Waals surface area contributed by atoms with Gasteiger partial charge in [0.25, 0.3) is 0 Å². The minimum atomic E-state index is -1.19. The molecule has 0 radical (unpaired) electrons. The molecule has 0 saturated heterocycles. The van der Waals surface area contributed by atoms with E-state index in [9.17, 15) is 5.11 Å². The van der Waals surface area contributed by atoms with Crippen LogP contribution in [0.1, 0.15) is 25.7 Å². The summed E-state index contributed by atoms with van der Waals surface area (Å²) >= 11 is 0. The number of aliphatic hydroxyl groups is 1. The highest BCUT2D eigenvalue weighted by Gasteiger charge is 2.50. The van der Waals surface area contributed by atoms with Gasteiger partial charge < -0.3 is 5.11 Å². The Hall–Kier alpha value is -0.126. The summed E-state index contributed by atoms with van der Waals surface area (Å²) in [7, 11) is -2.38. The monoisotopic (exact) mass is 294 g/mol. The molecule has 0 aromatic carbocycles. The fourth-order valence-corrected chi connectivity index (χ4v) is 6.62. The molecule has 2 aliphatic carbocycles. The maximum absolute atomic E-state index is 10.9. The van der Waals surface area contributed by atoms with Gasteiger partial charge in [0.05, 0.1) is 21.7 Å². The van der Waals surface area contributed by atoms with Crippen molar-refractivity contribution in [2.75, 3.05) is 0 Å². The highest BCUT2D eigenvalue weighted by atomic mass is 28.3. The molecule has 0 bridgehead atoms. The first-order chi connectivity index (χ1) is 8.50. The van der Waals surface area contributed by atoms with Crippen molar-refractivity contribution in [3.8, 4) is 0 Å². The number of hydrogen-bond acceptors (Lipinski definition) is 1. The highest BCUT2D eigenvalue weighted by molar-refractivity contribution is 6.81. The number of hydrogen-bond donors (Lipinski definition) is 1. The molecule has 2 rings (SSSR count). The molecule has 3 heteroatoms. The fraction of sp³-hybridized carbons (Fsp3) is 0.750. The molecular weight excluding hydrogens is 264 g/mol. The molecular formula is C16H30OSi2. The van der Waals surface area contributed by atoms with Gasteiger partial charge in [0, 0.05) is 5.92 Å². The Morgan fingerprint density at radius 3 is 1.58 bits per heavy atom. The van der Waals surface area contributed by atoms with Crippen molar-refractivity contribution in [2.24, 2.45) is 5.92 Å². The summed E-state index contributed by atoms with van der Waals surface area (Å²) in [6, 6.07) is 0. The van der Waals surface area contributed by atoms with Crippen LogP contribution < -0.4 is 0 Å². The summed E-state index contributed by atoms with van der Waals surface area (Å²) in [6.45, 7) is 14.4. The van der Waals surface area contributed by atoms with E-state index in [1.807, 2.05) is 0 Å². The van der Waals surface area contributed by atoms with E-state index in [4.69, 9.17) is 0 Å². The molecule has 2 aliphatic rings.